The second-order valence-corrected chi connectivity index (χ2v) is 7.07. The molecule has 1 aliphatic carbocycles. The molecule has 4 rings (SSSR count). The number of piperidine rings is 1. The van der Waals surface area contributed by atoms with Crippen molar-refractivity contribution in [3.8, 4) is 0 Å². The quantitative estimate of drug-likeness (QED) is 0.738. The molecule has 0 amide bonds. The first-order valence-corrected chi connectivity index (χ1v) is 8.45. The van der Waals surface area contributed by atoms with Gasteiger partial charge in [0.2, 0.25) is 0 Å². The number of nitrogens with zero attached hydrogens (tertiary/aromatic N) is 1. The molecule has 3 heterocycles. The van der Waals surface area contributed by atoms with Gasteiger partial charge in [0, 0.05) is 19.1 Å². The Kier molecular flexibility index (Phi) is 3.53. The minimum absolute atomic E-state index is 0.213. The maximum absolute atomic E-state index is 6.18. The largest absolute Gasteiger partial charge is 0.375 e. The van der Waals surface area contributed by atoms with Crippen LogP contribution in [0.1, 0.15) is 51.4 Å². The summed E-state index contributed by atoms with van der Waals surface area (Å²) in [5, 5.41) is 0. The summed E-state index contributed by atoms with van der Waals surface area (Å²) in [5.41, 5.74) is 0.213. The van der Waals surface area contributed by atoms with Crippen molar-refractivity contribution in [3.63, 3.8) is 0 Å². The molecule has 1 unspecified atom stereocenters. The third-order valence-electron chi connectivity index (χ3n) is 5.76. The lowest BCUT2D eigenvalue weighted by molar-refractivity contribution is -0.202. The third-order valence-corrected chi connectivity index (χ3v) is 5.76. The van der Waals surface area contributed by atoms with Crippen molar-refractivity contribution < 1.29 is 14.2 Å². The lowest BCUT2D eigenvalue weighted by atomic mass is 9.87. The molecule has 2 spiro atoms. The molecular formula is C16H27NO3. The Labute approximate surface area is 121 Å². The normalized spacial score (nSPS) is 36.9. The number of rotatable bonds is 1. The van der Waals surface area contributed by atoms with E-state index in [-0.39, 0.29) is 11.4 Å². The lowest BCUT2D eigenvalue weighted by Gasteiger charge is -2.47. The first kappa shape index (κ1) is 13.5. The highest BCUT2D eigenvalue weighted by atomic mass is 16.7. The van der Waals surface area contributed by atoms with E-state index in [9.17, 15) is 0 Å². The molecule has 3 aliphatic heterocycles. The van der Waals surface area contributed by atoms with Crippen LogP contribution in [0.25, 0.3) is 0 Å². The van der Waals surface area contributed by atoms with Crippen LogP contribution in [0.15, 0.2) is 0 Å². The molecule has 4 aliphatic rings. The van der Waals surface area contributed by atoms with Crippen molar-refractivity contribution in [1.29, 1.82) is 0 Å². The summed E-state index contributed by atoms with van der Waals surface area (Å²) < 4.78 is 18.0. The average molecular weight is 281 g/mol. The van der Waals surface area contributed by atoms with E-state index in [0.29, 0.717) is 6.04 Å². The van der Waals surface area contributed by atoms with Gasteiger partial charge in [-0.1, -0.05) is 12.8 Å². The van der Waals surface area contributed by atoms with Crippen LogP contribution in [-0.4, -0.2) is 55.2 Å². The summed E-state index contributed by atoms with van der Waals surface area (Å²) in [6.45, 7) is 4.65. The van der Waals surface area contributed by atoms with Gasteiger partial charge in [-0.3, -0.25) is 4.90 Å². The van der Waals surface area contributed by atoms with Gasteiger partial charge in [0.25, 0.3) is 0 Å². The first-order valence-electron chi connectivity index (χ1n) is 8.45. The van der Waals surface area contributed by atoms with Crippen LogP contribution in [0.3, 0.4) is 0 Å². The lowest BCUT2D eigenvalue weighted by Crippen LogP contribution is -2.55. The zero-order chi connectivity index (χ0) is 13.5. The fraction of sp³-hybridized carbons (Fsp3) is 1.00. The summed E-state index contributed by atoms with van der Waals surface area (Å²) in [4.78, 5) is 2.64. The Morgan fingerprint density at radius 1 is 0.850 bits per heavy atom. The molecule has 0 N–H and O–H groups in total. The zero-order valence-corrected chi connectivity index (χ0v) is 12.4. The van der Waals surface area contributed by atoms with Crippen LogP contribution in [0.2, 0.25) is 0 Å². The van der Waals surface area contributed by atoms with E-state index in [1.165, 1.54) is 51.5 Å². The van der Waals surface area contributed by atoms with Crippen LogP contribution in [0.5, 0.6) is 0 Å². The molecule has 4 heteroatoms. The Hall–Kier alpha value is -0.160. The highest BCUT2D eigenvalue weighted by molar-refractivity contribution is 4.96. The van der Waals surface area contributed by atoms with Gasteiger partial charge >= 0.3 is 0 Å². The Balaban J connectivity index is 1.44. The highest BCUT2D eigenvalue weighted by Crippen LogP contribution is 2.42. The average Bonchev–Trinajstić information content (AvgIpc) is 3.10. The van der Waals surface area contributed by atoms with Gasteiger partial charge in [0.05, 0.1) is 25.4 Å². The summed E-state index contributed by atoms with van der Waals surface area (Å²) in [6, 6.07) is 0.673. The van der Waals surface area contributed by atoms with Crippen LogP contribution in [0, 0.1) is 0 Å². The molecule has 0 aromatic rings. The molecule has 114 valence electrons. The van der Waals surface area contributed by atoms with E-state index in [2.05, 4.69) is 4.90 Å². The number of hydrogen-bond donors (Lipinski definition) is 0. The van der Waals surface area contributed by atoms with Gasteiger partial charge in [0.1, 0.15) is 0 Å². The SMILES string of the molecule is C1CCC2(C1)CC(N1CCCC3(C1)OCCO3)CCO2. The standard InChI is InChI=1S/C16H27NO3/c1-2-6-15(5-1)12-14(4-9-18-15)17-8-3-7-16(13-17)19-10-11-20-16/h14H,1-13H2. The molecule has 1 atom stereocenters. The van der Waals surface area contributed by atoms with Crippen molar-refractivity contribution in [2.75, 3.05) is 32.9 Å². The minimum Gasteiger partial charge on any atom is -0.375 e. The molecule has 4 nitrogen and oxygen atoms in total. The van der Waals surface area contributed by atoms with Gasteiger partial charge in [-0.05, 0) is 38.6 Å². The first-order chi connectivity index (χ1) is 9.79. The van der Waals surface area contributed by atoms with E-state index in [1.54, 1.807) is 0 Å². The second kappa shape index (κ2) is 5.24. The number of hydrogen-bond acceptors (Lipinski definition) is 4. The summed E-state index contributed by atoms with van der Waals surface area (Å²) in [5.74, 6) is -0.278. The predicted molar refractivity (Wildman–Crippen MR) is 75.6 cm³/mol. The Bertz CT molecular complexity index is 314. The van der Waals surface area contributed by atoms with Gasteiger partial charge in [-0.15, -0.1) is 0 Å². The van der Waals surface area contributed by atoms with E-state index in [4.69, 9.17) is 14.2 Å². The molecular weight excluding hydrogens is 254 g/mol. The van der Waals surface area contributed by atoms with E-state index < -0.39 is 0 Å². The van der Waals surface area contributed by atoms with Crippen LogP contribution in [0.4, 0.5) is 0 Å². The molecule has 0 radical (unpaired) electrons. The molecule has 0 aromatic heterocycles. The predicted octanol–water partition coefficient (Wildman–Crippen LogP) is 2.32. The van der Waals surface area contributed by atoms with Crippen LogP contribution in [-0.2, 0) is 14.2 Å². The van der Waals surface area contributed by atoms with E-state index in [0.717, 1.165) is 32.8 Å². The fourth-order valence-corrected chi connectivity index (χ4v) is 4.74. The van der Waals surface area contributed by atoms with Crippen molar-refractivity contribution in [1.82, 2.24) is 4.90 Å². The van der Waals surface area contributed by atoms with Gasteiger partial charge in [-0.25, -0.2) is 0 Å². The molecule has 1 saturated carbocycles. The molecule has 0 aromatic carbocycles. The Morgan fingerprint density at radius 2 is 1.65 bits per heavy atom. The minimum atomic E-state index is -0.278. The number of ether oxygens (including phenoxy) is 3. The maximum Gasteiger partial charge on any atom is 0.181 e. The van der Waals surface area contributed by atoms with Gasteiger partial charge in [-0.2, -0.15) is 0 Å². The van der Waals surface area contributed by atoms with Crippen molar-refractivity contribution in [2.24, 2.45) is 0 Å². The van der Waals surface area contributed by atoms with Crippen molar-refractivity contribution in [2.45, 2.75) is 68.8 Å². The zero-order valence-electron chi connectivity index (χ0n) is 12.4. The monoisotopic (exact) mass is 281 g/mol. The summed E-state index contributed by atoms with van der Waals surface area (Å²) in [6.07, 6.45) is 9.92. The summed E-state index contributed by atoms with van der Waals surface area (Å²) >= 11 is 0. The summed E-state index contributed by atoms with van der Waals surface area (Å²) in [7, 11) is 0. The Morgan fingerprint density at radius 3 is 2.45 bits per heavy atom. The molecule has 4 fully saturated rings. The third kappa shape index (κ3) is 2.41. The van der Waals surface area contributed by atoms with Crippen LogP contribution >= 0.6 is 0 Å². The molecule has 3 saturated heterocycles. The maximum atomic E-state index is 6.18. The topological polar surface area (TPSA) is 30.9 Å². The van der Waals surface area contributed by atoms with Gasteiger partial charge in [0.15, 0.2) is 5.79 Å². The second-order valence-electron chi connectivity index (χ2n) is 7.07. The van der Waals surface area contributed by atoms with Gasteiger partial charge < -0.3 is 14.2 Å². The van der Waals surface area contributed by atoms with E-state index >= 15 is 0 Å². The van der Waals surface area contributed by atoms with Crippen molar-refractivity contribution >= 4 is 0 Å². The highest BCUT2D eigenvalue weighted by Gasteiger charge is 2.46. The number of likely N-dealkylation sites (tertiary alicyclic amines) is 1. The smallest absolute Gasteiger partial charge is 0.181 e. The fourth-order valence-electron chi connectivity index (χ4n) is 4.74. The molecule has 0 bridgehead atoms. The van der Waals surface area contributed by atoms with Crippen LogP contribution < -0.4 is 0 Å². The van der Waals surface area contributed by atoms with Crippen molar-refractivity contribution in [3.05, 3.63) is 0 Å². The van der Waals surface area contributed by atoms with E-state index in [1.807, 2.05) is 0 Å². The molecule has 20 heavy (non-hydrogen) atoms.